The lowest BCUT2D eigenvalue weighted by Crippen LogP contribution is -2.22. The van der Waals surface area contributed by atoms with Gasteiger partial charge in [-0.05, 0) is 23.7 Å². The summed E-state index contributed by atoms with van der Waals surface area (Å²) in [6.45, 7) is 5.12. The molecule has 2 heterocycles. The highest BCUT2D eigenvalue weighted by Gasteiger charge is 2.07. The molecule has 0 saturated heterocycles. The van der Waals surface area contributed by atoms with Crippen LogP contribution in [0, 0.1) is 0 Å². The molecular formula is C21H24N4O2. The summed E-state index contributed by atoms with van der Waals surface area (Å²) in [6, 6.07) is 13.6. The predicted octanol–water partition coefficient (Wildman–Crippen LogP) is 3.00. The maximum atomic E-state index is 11.8. The molecule has 0 spiro atoms. The van der Waals surface area contributed by atoms with Crippen molar-refractivity contribution >= 4 is 0 Å². The highest BCUT2D eigenvalue weighted by Crippen LogP contribution is 2.17. The smallest absolute Gasteiger partial charge is 0.251 e. The highest BCUT2D eigenvalue weighted by molar-refractivity contribution is 5.55. The minimum atomic E-state index is -0.176. The molecule has 1 N–H and O–H groups in total. The Kier molecular flexibility index (Phi) is 6.46. The first kappa shape index (κ1) is 18.9. The molecule has 0 fully saturated rings. The van der Waals surface area contributed by atoms with Crippen molar-refractivity contribution in [2.75, 3.05) is 13.7 Å². The standard InChI is InChI=1S/C21H24N4O2/c1-3-25(14-17-5-4-10-22-12-17)13-16-6-8-18(9-7-16)21-23-19(15-27-2)11-20(26)24-21/h4-12H,3,13-15H2,1-2H3,(H,23,24,26). The summed E-state index contributed by atoms with van der Waals surface area (Å²) in [4.78, 5) is 25.6. The second-order valence-corrected chi connectivity index (χ2v) is 6.38. The monoisotopic (exact) mass is 364 g/mol. The first-order valence-corrected chi connectivity index (χ1v) is 8.97. The third-order valence-corrected chi connectivity index (χ3v) is 4.30. The number of H-pyrrole nitrogens is 1. The Morgan fingerprint density at radius 3 is 2.56 bits per heavy atom. The minimum Gasteiger partial charge on any atom is -0.378 e. The molecule has 0 unspecified atom stereocenters. The molecule has 0 aliphatic carbocycles. The van der Waals surface area contributed by atoms with Gasteiger partial charge < -0.3 is 9.72 Å². The predicted molar refractivity (Wildman–Crippen MR) is 105 cm³/mol. The maximum Gasteiger partial charge on any atom is 0.251 e. The van der Waals surface area contributed by atoms with Crippen LogP contribution in [0.5, 0.6) is 0 Å². The van der Waals surface area contributed by atoms with Crippen LogP contribution in [-0.4, -0.2) is 33.5 Å². The molecule has 0 amide bonds. The molecule has 140 valence electrons. The van der Waals surface area contributed by atoms with Crippen LogP contribution >= 0.6 is 0 Å². The van der Waals surface area contributed by atoms with E-state index in [4.69, 9.17) is 4.74 Å². The number of rotatable bonds is 8. The normalized spacial score (nSPS) is 11.1. The summed E-state index contributed by atoms with van der Waals surface area (Å²) >= 11 is 0. The van der Waals surface area contributed by atoms with Crippen LogP contribution in [0.15, 0.2) is 59.7 Å². The fourth-order valence-corrected chi connectivity index (χ4v) is 2.92. The van der Waals surface area contributed by atoms with Crippen LogP contribution in [0.4, 0.5) is 0 Å². The lowest BCUT2D eigenvalue weighted by molar-refractivity contribution is 0.181. The van der Waals surface area contributed by atoms with E-state index >= 15 is 0 Å². The van der Waals surface area contributed by atoms with Crippen LogP contribution in [-0.2, 0) is 24.4 Å². The van der Waals surface area contributed by atoms with E-state index in [0.29, 0.717) is 18.1 Å². The van der Waals surface area contributed by atoms with Gasteiger partial charge in [0.2, 0.25) is 0 Å². The second-order valence-electron chi connectivity index (χ2n) is 6.38. The molecule has 3 rings (SSSR count). The molecule has 27 heavy (non-hydrogen) atoms. The van der Waals surface area contributed by atoms with Gasteiger partial charge in [0.15, 0.2) is 0 Å². The minimum absolute atomic E-state index is 0.176. The van der Waals surface area contributed by atoms with Crippen molar-refractivity contribution < 1.29 is 4.74 Å². The van der Waals surface area contributed by atoms with Gasteiger partial charge in [-0.2, -0.15) is 0 Å². The Labute approximate surface area is 158 Å². The Hall–Kier alpha value is -2.83. The van der Waals surface area contributed by atoms with Gasteiger partial charge in [-0.1, -0.05) is 37.3 Å². The number of nitrogens with zero attached hydrogens (tertiary/aromatic N) is 3. The quantitative estimate of drug-likeness (QED) is 0.665. The molecular weight excluding hydrogens is 340 g/mol. The number of aromatic nitrogens is 3. The molecule has 0 radical (unpaired) electrons. The molecule has 0 saturated carbocycles. The maximum absolute atomic E-state index is 11.8. The molecule has 0 aliphatic heterocycles. The summed E-state index contributed by atoms with van der Waals surface area (Å²) in [5, 5.41) is 0. The van der Waals surface area contributed by atoms with E-state index in [-0.39, 0.29) is 5.56 Å². The van der Waals surface area contributed by atoms with Gasteiger partial charge in [-0.3, -0.25) is 14.7 Å². The van der Waals surface area contributed by atoms with E-state index in [1.165, 1.54) is 17.2 Å². The summed E-state index contributed by atoms with van der Waals surface area (Å²) in [6.07, 6.45) is 3.69. The Balaban J connectivity index is 1.72. The van der Waals surface area contributed by atoms with Gasteiger partial charge in [0, 0.05) is 44.2 Å². The van der Waals surface area contributed by atoms with Crippen molar-refractivity contribution in [3.8, 4) is 11.4 Å². The van der Waals surface area contributed by atoms with Crippen molar-refractivity contribution in [2.24, 2.45) is 0 Å². The fraction of sp³-hybridized carbons (Fsp3) is 0.286. The van der Waals surface area contributed by atoms with Crippen molar-refractivity contribution in [1.82, 2.24) is 19.9 Å². The third kappa shape index (κ3) is 5.32. The van der Waals surface area contributed by atoms with Gasteiger partial charge in [0.1, 0.15) is 5.82 Å². The van der Waals surface area contributed by atoms with Gasteiger partial charge in [-0.25, -0.2) is 4.98 Å². The lowest BCUT2D eigenvalue weighted by atomic mass is 10.1. The summed E-state index contributed by atoms with van der Waals surface area (Å²) in [5.74, 6) is 0.559. The second kappa shape index (κ2) is 9.21. The van der Waals surface area contributed by atoms with E-state index in [9.17, 15) is 4.79 Å². The number of hydrogen-bond acceptors (Lipinski definition) is 5. The number of pyridine rings is 1. The molecule has 3 aromatic rings. The van der Waals surface area contributed by atoms with Crippen LogP contribution in [0.1, 0.15) is 23.7 Å². The average molecular weight is 364 g/mol. The molecule has 1 aromatic carbocycles. The van der Waals surface area contributed by atoms with E-state index in [1.54, 1.807) is 13.3 Å². The number of methoxy groups -OCH3 is 1. The number of aromatic amines is 1. The van der Waals surface area contributed by atoms with E-state index in [2.05, 4.69) is 45.0 Å². The van der Waals surface area contributed by atoms with Crippen molar-refractivity contribution in [3.05, 3.63) is 82.0 Å². The third-order valence-electron chi connectivity index (χ3n) is 4.30. The molecule has 0 aliphatic rings. The molecule has 6 heteroatoms. The van der Waals surface area contributed by atoms with Crippen LogP contribution < -0.4 is 5.56 Å². The summed E-state index contributed by atoms with van der Waals surface area (Å²) in [5.41, 5.74) is 3.73. The lowest BCUT2D eigenvalue weighted by Gasteiger charge is -2.20. The first-order chi connectivity index (χ1) is 13.2. The van der Waals surface area contributed by atoms with Gasteiger partial charge in [-0.15, -0.1) is 0 Å². The first-order valence-electron chi connectivity index (χ1n) is 8.97. The van der Waals surface area contributed by atoms with Gasteiger partial charge >= 0.3 is 0 Å². The van der Waals surface area contributed by atoms with Gasteiger partial charge in [0.05, 0.1) is 12.3 Å². The molecule has 6 nitrogen and oxygen atoms in total. The zero-order valence-corrected chi connectivity index (χ0v) is 15.7. The molecule has 0 bridgehead atoms. The Morgan fingerprint density at radius 1 is 1.11 bits per heavy atom. The molecule has 0 atom stereocenters. The van der Waals surface area contributed by atoms with E-state index < -0.39 is 0 Å². The van der Waals surface area contributed by atoms with Gasteiger partial charge in [0.25, 0.3) is 5.56 Å². The Bertz CT molecular complexity index is 907. The SMILES string of the molecule is CCN(Cc1ccc(-c2nc(COC)cc(=O)[nH]2)cc1)Cc1cccnc1. The number of hydrogen-bond donors (Lipinski definition) is 1. The Morgan fingerprint density at radius 2 is 1.89 bits per heavy atom. The summed E-state index contributed by atoms with van der Waals surface area (Å²) < 4.78 is 5.07. The number of ether oxygens (including phenoxy) is 1. The van der Waals surface area contributed by atoms with Crippen LogP contribution in [0.3, 0.4) is 0 Å². The van der Waals surface area contributed by atoms with E-state index in [1.807, 2.05) is 24.4 Å². The van der Waals surface area contributed by atoms with E-state index in [0.717, 1.165) is 25.2 Å². The average Bonchev–Trinajstić information content (AvgIpc) is 2.68. The zero-order valence-electron chi connectivity index (χ0n) is 15.7. The van der Waals surface area contributed by atoms with Crippen molar-refractivity contribution in [1.29, 1.82) is 0 Å². The molecule has 2 aromatic heterocycles. The fourth-order valence-electron chi connectivity index (χ4n) is 2.92. The summed E-state index contributed by atoms with van der Waals surface area (Å²) in [7, 11) is 1.59. The van der Waals surface area contributed by atoms with Crippen LogP contribution in [0.25, 0.3) is 11.4 Å². The van der Waals surface area contributed by atoms with Crippen molar-refractivity contribution in [3.63, 3.8) is 0 Å². The number of benzene rings is 1. The largest absolute Gasteiger partial charge is 0.378 e. The zero-order chi connectivity index (χ0) is 19.1. The highest BCUT2D eigenvalue weighted by atomic mass is 16.5. The topological polar surface area (TPSA) is 71.1 Å². The van der Waals surface area contributed by atoms with Crippen LogP contribution in [0.2, 0.25) is 0 Å². The number of nitrogens with one attached hydrogen (secondary N) is 1. The van der Waals surface area contributed by atoms with Crippen molar-refractivity contribution in [2.45, 2.75) is 26.6 Å².